The number of hydrogen-bond acceptors (Lipinski definition) is 7. The van der Waals surface area contributed by atoms with Crippen LogP contribution in [0.25, 0.3) is 10.9 Å². The maximum atomic E-state index is 5.46. The fraction of sp³-hybridized carbons (Fsp3) is 0.391. The summed E-state index contributed by atoms with van der Waals surface area (Å²) in [7, 11) is 0. The predicted octanol–water partition coefficient (Wildman–Crippen LogP) is 3.04. The van der Waals surface area contributed by atoms with Crippen molar-refractivity contribution in [1.82, 2.24) is 14.9 Å². The zero-order valence-corrected chi connectivity index (χ0v) is 17.1. The van der Waals surface area contributed by atoms with Gasteiger partial charge in [-0.2, -0.15) is 0 Å². The first-order valence-corrected chi connectivity index (χ1v) is 10.6. The van der Waals surface area contributed by atoms with Gasteiger partial charge in [0, 0.05) is 42.9 Å². The molecule has 0 amide bonds. The Kier molecular flexibility index (Phi) is 5.74. The first-order chi connectivity index (χ1) is 14.8. The van der Waals surface area contributed by atoms with Crippen molar-refractivity contribution in [3.63, 3.8) is 0 Å². The molecule has 0 unspecified atom stereocenters. The molecule has 2 fully saturated rings. The molecule has 2 aliphatic heterocycles. The van der Waals surface area contributed by atoms with Crippen molar-refractivity contribution in [2.24, 2.45) is 0 Å². The Bertz CT molecular complexity index is 983. The Balaban J connectivity index is 1.38. The number of benzene rings is 2. The molecule has 7 heteroatoms. The highest BCUT2D eigenvalue weighted by molar-refractivity contribution is 5.90. The van der Waals surface area contributed by atoms with Gasteiger partial charge in [0.05, 0.1) is 38.5 Å². The van der Waals surface area contributed by atoms with Crippen LogP contribution in [0.4, 0.5) is 17.2 Å². The van der Waals surface area contributed by atoms with Gasteiger partial charge in [-0.3, -0.25) is 4.90 Å². The molecule has 2 saturated heterocycles. The van der Waals surface area contributed by atoms with Crippen LogP contribution in [0.15, 0.2) is 48.5 Å². The summed E-state index contributed by atoms with van der Waals surface area (Å²) in [5.41, 5.74) is 3.21. The van der Waals surface area contributed by atoms with Gasteiger partial charge < -0.3 is 19.7 Å². The number of morpholine rings is 2. The van der Waals surface area contributed by atoms with Crippen LogP contribution in [-0.4, -0.2) is 67.5 Å². The van der Waals surface area contributed by atoms with Crippen LogP contribution in [0.1, 0.15) is 5.82 Å². The third-order valence-corrected chi connectivity index (χ3v) is 5.62. The number of fused-ring (bicyclic) bond motifs is 1. The molecule has 0 bridgehead atoms. The normalized spacial score (nSPS) is 17.9. The van der Waals surface area contributed by atoms with E-state index >= 15 is 0 Å². The summed E-state index contributed by atoms with van der Waals surface area (Å²) in [6.07, 6.45) is 0. The van der Waals surface area contributed by atoms with E-state index < -0.39 is 0 Å². The molecule has 2 aromatic carbocycles. The molecule has 3 heterocycles. The Morgan fingerprint density at radius 2 is 1.50 bits per heavy atom. The lowest BCUT2D eigenvalue weighted by Gasteiger charge is -2.29. The van der Waals surface area contributed by atoms with Gasteiger partial charge >= 0.3 is 0 Å². The molecule has 0 aliphatic carbocycles. The monoisotopic (exact) mass is 405 g/mol. The van der Waals surface area contributed by atoms with Crippen molar-refractivity contribution in [2.45, 2.75) is 6.54 Å². The van der Waals surface area contributed by atoms with Gasteiger partial charge in [-0.15, -0.1) is 0 Å². The summed E-state index contributed by atoms with van der Waals surface area (Å²) in [6.45, 7) is 7.57. The highest BCUT2D eigenvalue weighted by Gasteiger charge is 2.15. The average Bonchev–Trinajstić information content (AvgIpc) is 2.81. The molecule has 5 rings (SSSR count). The second-order valence-corrected chi connectivity index (χ2v) is 7.67. The van der Waals surface area contributed by atoms with E-state index in [0.717, 1.165) is 87.4 Å². The van der Waals surface area contributed by atoms with E-state index in [-0.39, 0.29) is 0 Å². The maximum Gasteiger partial charge on any atom is 0.145 e. The number of aromatic nitrogens is 2. The smallest absolute Gasteiger partial charge is 0.145 e. The lowest BCUT2D eigenvalue weighted by Crippen LogP contribution is -2.36. The van der Waals surface area contributed by atoms with E-state index in [9.17, 15) is 0 Å². The van der Waals surface area contributed by atoms with Crippen LogP contribution in [-0.2, 0) is 16.0 Å². The molecule has 0 saturated carbocycles. The minimum atomic E-state index is 0.735. The number of nitrogens with one attached hydrogen (secondary N) is 1. The molecule has 7 nitrogen and oxygen atoms in total. The van der Waals surface area contributed by atoms with Gasteiger partial charge in [0.15, 0.2) is 0 Å². The van der Waals surface area contributed by atoms with Crippen LogP contribution in [0.5, 0.6) is 0 Å². The molecule has 3 aromatic rings. The van der Waals surface area contributed by atoms with Crippen molar-refractivity contribution in [2.75, 3.05) is 62.8 Å². The lowest BCUT2D eigenvalue weighted by atomic mass is 10.2. The summed E-state index contributed by atoms with van der Waals surface area (Å²) in [5, 5.41) is 4.55. The Morgan fingerprint density at radius 3 is 2.27 bits per heavy atom. The minimum absolute atomic E-state index is 0.735. The van der Waals surface area contributed by atoms with E-state index in [1.54, 1.807) is 0 Å². The van der Waals surface area contributed by atoms with Crippen molar-refractivity contribution < 1.29 is 9.47 Å². The van der Waals surface area contributed by atoms with Crippen LogP contribution in [0.2, 0.25) is 0 Å². The van der Waals surface area contributed by atoms with Crippen molar-refractivity contribution in [3.8, 4) is 0 Å². The van der Waals surface area contributed by atoms with E-state index in [1.807, 2.05) is 18.2 Å². The number of para-hydroxylation sites is 1. The summed E-state index contributed by atoms with van der Waals surface area (Å²) in [4.78, 5) is 14.4. The fourth-order valence-electron chi connectivity index (χ4n) is 3.96. The quantitative estimate of drug-likeness (QED) is 0.700. The molecular weight excluding hydrogens is 378 g/mol. The summed E-state index contributed by atoms with van der Waals surface area (Å²) in [5.74, 6) is 1.69. The third kappa shape index (κ3) is 4.38. The Morgan fingerprint density at radius 1 is 0.800 bits per heavy atom. The highest BCUT2D eigenvalue weighted by Crippen LogP contribution is 2.26. The maximum absolute atomic E-state index is 5.46. The zero-order valence-electron chi connectivity index (χ0n) is 17.1. The molecule has 156 valence electrons. The first-order valence-electron chi connectivity index (χ1n) is 10.6. The topological polar surface area (TPSA) is 62.8 Å². The lowest BCUT2D eigenvalue weighted by molar-refractivity contribution is 0.0331. The molecule has 0 spiro atoms. The van der Waals surface area contributed by atoms with Crippen LogP contribution < -0.4 is 10.2 Å². The van der Waals surface area contributed by atoms with Crippen LogP contribution >= 0.6 is 0 Å². The van der Waals surface area contributed by atoms with Gasteiger partial charge in [-0.05, 0) is 36.4 Å². The van der Waals surface area contributed by atoms with Gasteiger partial charge in [-0.1, -0.05) is 12.1 Å². The number of rotatable bonds is 5. The second kappa shape index (κ2) is 8.95. The van der Waals surface area contributed by atoms with Gasteiger partial charge in [0.2, 0.25) is 0 Å². The molecule has 1 aromatic heterocycles. The van der Waals surface area contributed by atoms with Crippen LogP contribution in [0.3, 0.4) is 0 Å². The molecule has 1 N–H and O–H groups in total. The predicted molar refractivity (Wildman–Crippen MR) is 118 cm³/mol. The van der Waals surface area contributed by atoms with Gasteiger partial charge in [0.1, 0.15) is 11.6 Å². The summed E-state index contributed by atoms with van der Waals surface area (Å²) < 4.78 is 10.9. The van der Waals surface area contributed by atoms with Crippen molar-refractivity contribution in [3.05, 3.63) is 54.4 Å². The Labute approximate surface area is 176 Å². The van der Waals surface area contributed by atoms with Gasteiger partial charge in [-0.25, -0.2) is 9.97 Å². The fourth-order valence-corrected chi connectivity index (χ4v) is 3.96. The second-order valence-electron chi connectivity index (χ2n) is 7.67. The molecule has 0 atom stereocenters. The number of ether oxygens (including phenoxy) is 2. The van der Waals surface area contributed by atoms with Crippen LogP contribution in [0, 0.1) is 0 Å². The standard InChI is InChI=1S/C23H27N5O2/c1-2-4-21-20(3-1)23(26-22(25-21)17-27-9-13-29-14-10-27)24-18-5-7-19(8-6-18)28-11-15-30-16-12-28/h1-8H,9-17H2,(H,24,25,26). The number of hydrogen-bond donors (Lipinski definition) is 1. The van der Waals surface area contributed by atoms with E-state index in [2.05, 4.69) is 45.4 Å². The highest BCUT2D eigenvalue weighted by atomic mass is 16.5. The van der Waals surface area contributed by atoms with Gasteiger partial charge in [0.25, 0.3) is 0 Å². The largest absolute Gasteiger partial charge is 0.379 e. The average molecular weight is 406 g/mol. The third-order valence-electron chi connectivity index (χ3n) is 5.62. The zero-order chi connectivity index (χ0) is 20.2. The molecule has 0 radical (unpaired) electrons. The summed E-state index contributed by atoms with van der Waals surface area (Å²) in [6, 6.07) is 16.7. The minimum Gasteiger partial charge on any atom is -0.379 e. The first kappa shape index (κ1) is 19.2. The number of nitrogens with zero attached hydrogens (tertiary/aromatic N) is 4. The summed E-state index contributed by atoms with van der Waals surface area (Å²) >= 11 is 0. The van der Waals surface area contributed by atoms with E-state index in [0.29, 0.717) is 0 Å². The van der Waals surface area contributed by atoms with E-state index in [4.69, 9.17) is 19.4 Å². The molecule has 2 aliphatic rings. The molecule has 30 heavy (non-hydrogen) atoms. The van der Waals surface area contributed by atoms with E-state index in [1.165, 1.54) is 5.69 Å². The van der Waals surface area contributed by atoms with Crippen molar-refractivity contribution in [1.29, 1.82) is 0 Å². The Hall–Kier alpha value is -2.74. The SMILES string of the molecule is c1ccc2c(Nc3ccc(N4CCOCC4)cc3)nc(CN3CCOCC3)nc2c1. The number of anilines is 3. The van der Waals surface area contributed by atoms with Crippen molar-refractivity contribution >= 4 is 28.1 Å². The molecular formula is C23H27N5O2.